The van der Waals surface area contributed by atoms with Crippen molar-refractivity contribution in [1.29, 1.82) is 0 Å². The molecule has 1 unspecified atom stereocenters. The number of aryl methyl sites for hydroxylation is 1. The van der Waals surface area contributed by atoms with Crippen LogP contribution in [0.1, 0.15) is 23.9 Å². The summed E-state index contributed by atoms with van der Waals surface area (Å²) in [5, 5.41) is 3.40. The second-order valence-corrected chi connectivity index (χ2v) is 4.99. The molecule has 0 saturated carbocycles. The lowest BCUT2D eigenvalue weighted by molar-refractivity contribution is 0.122. The Balaban J connectivity index is 1.84. The average Bonchev–Trinajstić information content (AvgIpc) is 2.93. The Labute approximate surface area is 108 Å². The summed E-state index contributed by atoms with van der Waals surface area (Å²) in [6, 6.07) is 2.16. The Morgan fingerprint density at radius 2 is 2.17 bits per heavy atom. The summed E-state index contributed by atoms with van der Waals surface area (Å²) in [4.78, 5) is 11.5. The van der Waals surface area contributed by atoms with Crippen molar-refractivity contribution in [2.75, 3.05) is 44.3 Å². The lowest BCUT2D eigenvalue weighted by Gasteiger charge is -2.28. The SMILES string of the molecule is Cc1nc(C2CCNC2)cc(N2CCOCC2)n1. The van der Waals surface area contributed by atoms with Crippen LogP contribution in [-0.2, 0) is 4.74 Å². The van der Waals surface area contributed by atoms with E-state index in [9.17, 15) is 0 Å². The zero-order valence-corrected chi connectivity index (χ0v) is 10.9. The zero-order valence-electron chi connectivity index (χ0n) is 10.9. The van der Waals surface area contributed by atoms with Crippen LogP contribution in [-0.4, -0.2) is 49.4 Å². The van der Waals surface area contributed by atoms with Gasteiger partial charge in [-0.05, 0) is 19.9 Å². The number of nitrogens with zero attached hydrogens (tertiary/aromatic N) is 3. The van der Waals surface area contributed by atoms with Gasteiger partial charge in [0.1, 0.15) is 11.6 Å². The second-order valence-electron chi connectivity index (χ2n) is 4.99. The van der Waals surface area contributed by atoms with E-state index in [0.29, 0.717) is 5.92 Å². The molecule has 0 aliphatic carbocycles. The first-order valence-electron chi connectivity index (χ1n) is 6.72. The monoisotopic (exact) mass is 248 g/mol. The molecule has 0 amide bonds. The minimum Gasteiger partial charge on any atom is -0.378 e. The van der Waals surface area contributed by atoms with Crippen LogP contribution in [0, 0.1) is 6.92 Å². The molecule has 18 heavy (non-hydrogen) atoms. The summed E-state index contributed by atoms with van der Waals surface area (Å²) in [5.41, 5.74) is 1.19. The van der Waals surface area contributed by atoms with Crippen molar-refractivity contribution in [1.82, 2.24) is 15.3 Å². The lowest BCUT2D eigenvalue weighted by atomic mass is 10.0. The predicted octanol–water partition coefficient (Wildman–Crippen LogP) is 0.699. The first-order chi connectivity index (χ1) is 8.83. The van der Waals surface area contributed by atoms with Crippen molar-refractivity contribution in [3.8, 4) is 0 Å². The third kappa shape index (κ3) is 2.47. The molecule has 1 aromatic heterocycles. The van der Waals surface area contributed by atoms with E-state index in [1.807, 2.05) is 6.92 Å². The minimum absolute atomic E-state index is 0.548. The van der Waals surface area contributed by atoms with Crippen LogP contribution >= 0.6 is 0 Å². The summed E-state index contributed by atoms with van der Waals surface area (Å²) in [6.45, 7) is 7.57. The van der Waals surface area contributed by atoms with E-state index in [-0.39, 0.29) is 0 Å². The number of aromatic nitrogens is 2. The van der Waals surface area contributed by atoms with Gasteiger partial charge in [0, 0.05) is 31.6 Å². The molecule has 0 spiro atoms. The summed E-state index contributed by atoms with van der Waals surface area (Å²) >= 11 is 0. The molecule has 1 aromatic rings. The molecule has 98 valence electrons. The Morgan fingerprint density at radius 1 is 1.33 bits per heavy atom. The number of rotatable bonds is 2. The van der Waals surface area contributed by atoms with Gasteiger partial charge in [0.05, 0.1) is 18.9 Å². The van der Waals surface area contributed by atoms with E-state index in [1.165, 1.54) is 12.1 Å². The summed E-state index contributed by atoms with van der Waals surface area (Å²) < 4.78 is 5.39. The number of nitrogens with one attached hydrogen (secondary N) is 1. The van der Waals surface area contributed by atoms with Gasteiger partial charge in [-0.1, -0.05) is 0 Å². The smallest absolute Gasteiger partial charge is 0.132 e. The molecule has 2 saturated heterocycles. The molecule has 2 aliphatic heterocycles. The summed E-state index contributed by atoms with van der Waals surface area (Å²) in [6.07, 6.45) is 1.18. The van der Waals surface area contributed by atoms with Crippen LogP contribution in [0.5, 0.6) is 0 Å². The summed E-state index contributed by atoms with van der Waals surface area (Å²) in [7, 11) is 0. The largest absolute Gasteiger partial charge is 0.378 e. The Bertz CT molecular complexity index is 411. The number of anilines is 1. The molecule has 0 radical (unpaired) electrons. The van der Waals surface area contributed by atoms with Crippen LogP contribution in [0.15, 0.2) is 6.07 Å². The Morgan fingerprint density at radius 3 is 2.89 bits per heavy atom. The first kappa shape index (κ1) is 11.9. The van der Waals surface area contributed by atoms with Crippen molar-refractivity contribution in [2.24, 2.45) is 0 Å². The molecule has 1 atom stereocenters. The number of ether oxygens (including phenoxy) is 1. The number of morpholine rings is 1. The van der Waals surface area contributed by atoms with Crippen LogP contribution in [0.2, 0.25) is 0 Å². The van der Waals surface area contributed by atoms with Gasteiger partial charge in [-0.2, -0.15) is 0 Å². The van der Waals surface area contributed by atoms with Gasteiger partial charge in [-0.15, -0.1) is 0 Å². The van der Waals surface area contributed by atoms with E-state index >= 15 is 0 Å². The van der Waals surface area contributed by atoms with Gasteiger partial charge < -0.3 is 15.0 Å². The fourth-order valence-electron chi connectivity index (χ4n) is 2.65. The molecular formula is C13H20N4O. The molecule has 1 N–H and O–H groups in total. The molecule has 3 rings (SSSR count). The van der Waals surface area contributed by atoms with Gasteiger partial charge >= 0.3 is 0 Å². The standard InChI is InChI=1S/C13H20N4O/c1-10-15-12(11-2-3-14-9-11)8-13(16-10)17-4-6-18-7-5-17/h8,11,14H,2-7,9H2,1H3. The molecule has 5 heteroatoms. The maximum absolute atomic E-state index is 5.39. The quantitative estimate of drug-likeness (QED) is 0.835. The van der Waals surface area contributed by atoms with Crippen LogP contribution < -0.4 is 10.2 Å². The Hall–Kier alpha value is -1.20. The van der Waals surface area contributed by atoms with Gasteiger partial charge in [0.25, 0.3) is 0 Å². The molecule has 0 aromatic carbocycles. The van der Waals surface area contributed by atoms with Gasteiger partial charge in [-0.25, -0.2) is 9.97 Å². The Kier molecular flexibility index (Phi) is 3.43. The molecule has 0 bridgehead atoms. The highest BCUT2D eigenvalue weighted by atomic mass is 16.5. The highest BCUT2D eigenvalue weighted by Crippen LogP contribution is 2.24. The van der Waals surface area contributed by atoms with Crippen molar-refractivity contribution in [3.63, 3.8) is 0 Å². The van der Waals surface area contributed by atoms with E-state index in [4.69, 9.17) is 4.74 Å². The van der Waals surface area contributed by atoms with Crippen LogP contribution in [0.3, 0.4) is 0 Å². The number of hydrogen-bond donors (Lipinski definition) is 1. The van der Waals surface area contributed by atoms with Crippen LogP contribution in [0.25, 0.3) is 0 Å². The molecule has 2 aliphatic rings. The molecular weight excluding hydrogens is 228 g/mol. The lowest BCUT2D eigenvalue weighted by Crippen LogP contribution is -2.37. The predicted molar refractivity (Wildman–Crippen MR) is 70.0 cm³/mol. The normalized spacial score (nSPS) is 24.5. The van der Waals surface area contributed by atoms with Gasteiger partial charge in [0.15, 0.2) is 0 Å². The maximum atomic E-state index is 5.39. The minimum atomic E-state index is 0.548. The molecule has 3 heterocycles. The van der Waals surface area contributed by atoms with Crippen LogP contribution in [0.4, 0.5) is 5.82 Å². The maximum Gasteiger partial charge on any atom is 0.132 e. The van der Waals surface area contributed by atoms with E-state index < -0.39 is 0 Å². The molecule has 5 nitrogen and oxygen atoms in total. The van der Waals surface area contributed by atoms with Gasteiger partial charge in [-0.3, -0.25) is 0 Å². The fourth-order valence-corrected chi connectivity index (χ4v) is 2.65. The van der Waals surface area contributed by atoms with Crippen molar-refractivity contribution in [2.45, 2.75) is 19.3 Å². The van der Waals surface area contributed by atoms with Crippen molar-refractivity contribution >= 4 is 5.82 Å². The van der Waals surface area contributed by atoms with Crippen molar-refractivity contribution < 1.29 is 4.74 Å². The molecule has 2 fully saturated rings. The van der Waals surface area contributed by atoms with E-state index in [1.54, 1.807) is 0 Å². The topological polar surface area (TPSA) is 50.3 Å². The average molecular weight is 248 g/mol. The van der Waals surface area contributed by atoms with Gasteiger partial charge in [0.2, 0.25) is 0 Å². The fraction of sp³-hybridized carbons (Fsp3) is 0.692. The van der Waals surface area contributed by atoms with E-state index in [2.05, 4.69) is 26.3 Å². The van der Waals surface area contributed by atoms with Crippen molar-refractivity contribution in [3.05, 3.63) is 17.6 Å². The third-order valence-corrected chi connectivity index (χ3v) is 3.66. The highest BCUT2D eigenvalue weighted by molar-refractivity contribution is 5.41. The first-order valence-corrected chi connectivity index (χ1v) is 6.72. The second kappa shape index (κ2) is 5.20. The number of hydrogen-bond acceptors (Lipinski definition) is 5. The third-order valence-electron chi connectivity index (χ3n) is 3.66. The highest BCUT2D eigenvalue weighted by Gasteiger charge is 2.21. The zero-order chi connectivity index (χ0) is 12.4. The summed E-state index contributed by atoms with van der Waals surface area (Å²) in [5.74, 6) is 2.49. The van der Waals surface area contributed by atoms with E-state index in [0.717, 1.165) is 51.0 Å².